The molecule has 1 aliphatic rings. The fraction of sp³-hybridized carbons (Fsp3) is 0.500. The molecule has 1 aliphatic heterocycles. The Bertz CT molecular complexity index is 350. The lowest BCUT2D eigenvalue weighted by Gasteiger charge is -2.31. The molecule has 0 bridgehead atoms. The van der Waals surface area contributed by atoms with Crippen molar-refractivity contribution in [2.75, 3.05) is 13.2 Å². The Morgan fingerprint density at radius 1 is 1.25 bits per heavy atom. The Labute approximate surface area is 106 Å². The Morgan fingerprint density at radius 2 is 1.94 bits per heavy atom. The maximum atomic E-state index is 5.99. The monoisotopic (exact) mass is 259 g/mol. The van der Waals surface area contributed by atoms with E-state index in [0.717, 1.165) is 25.0 Å². The summed E-state index contributed by atoms with van der Waals surface area (Å²) in [6.07, 6.45) is 2.22. The van der Waals surface area contributed by atoms with Gasteiger partial charge in [-0.3, -0.25) is 0 Å². The second-order valence-corrected chi connectivity index (χ2v) is 5.01. The maximum absolute atomic E-state index is 5.99. The molecule has 0 amide bonds. The van der Waals surface area contributed by atoms with Gasteiger partial charge in [0, 0.05) is 22.6 Å². The second-order valence-electron chi connectivity index (χ2n) is 4.13. The molecule has 4 heteroatoms. The van der Waals surface area contributed by atoms with Crippen LogP contribution >= 0.6 is 23.2 Å². The molecular weight excluding hydrogens is 245 g/mol. The molecule has 1 heterocycles. The molecule has 16 heavy (non-hydrogen) atoms. The van der Waals surface area contributed by atoms with Crippen molar-refractivity contribution in [1.29, 1.82) is 0 Å². The highest BCUT2D eigenvalue weighted by Crippen LogP contribution is 2.35. The van der Waals surface area contributed by atoms with Crippen LogP contribution in [0.3, 0.4) is 0 Å². The molecule has 2 atom stereocenters. The average molecular weight is 260 g/mol. The summed E-state index contributed by atoms with van der Waals surface area (Å²) in [5, 5.41) is 1.29. The minimum absolute atomic E-state index is 0.0370. The van der Waals surface area contributed by atoms with Crippen LogP contribution < -0.4 is 5.73 Å². The van der Waals surface area contributed by atoms with Crippen molar-refractivity contribution < 1.29 is 4.74 Å². The molecule has 2 unspecified atom stereocenters. The van der Waals surface area contributed by atoms with Crippen LogP contribution in [0.2, 0.25) is 10.0 Å². The Kier molecular flexibility index (Phi) is 4.09. The van der Waals surface area contributed by atoms with E-state index in [0.29, 0.717) is 22.5 Å². The van der Waals surface area contributed by atoms with Crippen LogP contribution in [-0.2, 0) is 4.74 Å². The first-order chi connectivity index (χ1) is 7.70. The fourth-order valence-corrected chi connectivity index (χ4v) is 2.74. The molecule has 1 saturated heterocycles. The van der Waals surface area contributed by atoms with E-state index in [-0.39, 0.29) is 6.10 Å². The normalized spacial score (nSPS) is 25.7. The van der Waals surface area contributed by atoms with Crippen LogP contribution in [0.4, 0.5) is 0 Å². The van der Waals surface area contributed by atoms with Gasteiger partial charge >= 0.3 is 0 Å². The molecule has 2 rings (SSSR count). The van der Waals surface area contributed by atoms with Crippen molar-refractivity contribution >= 4 is 23.2 Å². The first-order valence-corrected chi connectivity index (χ1v) is 6.24. The minimum Gasteiger partial charge on any atom is -0.373 e. The molecular formula is C12H15Cl2NO. The van der Waals surface area contributed by atoms with Gasteiger partial charge in [-0.2, -0.15) is 0 Å². The molecule has 2 N–H and O–H groups in total. The largest absolute Gasteiger partial charge is 0.373 e. The summed E-state index contributed by atoms with van der Waals surface area (Å²) in [6.45, 7) is 1.42. The Morgan fingerprint density at radius 3 is 2.56 bits per heavy atom. The standard InChI is InChI=1S/C12H15Cl2NO/c13-10-4-9(5-11(14)6-10)12-8(7-15)2-1-3-16-12/h4-6,8,12H,1-3,7,15H2. The zero-order valence-electron chi connectivity index (χ0n) is 8.96. The van der Waals surface area contributed by atoms with E-state index < -0.39 is 0 Å². The first-order valence-electron chi connectivity index (χ1n) is 5.48. The van der Waals surface area contributed by atoms with Gasteiger partial charge in [0.15, 0.2) is 0 Å². The van der Waals surface area contributed by atoms with Crippen molar-refractivity contribution in [3.8, 4) is 0 Å². The Hall–Kier alpha value is -0.280. The fourth-order valence-electron chi connectivity index (χ4n) is 2.19. The summed E-state index contributed by atoms with van der Waals surface area (Å²) in [4.78, 5) is 0. The highest BCUT2D eigenvalue weighted by Gasteiger charge is 2.26. The van der Waals surface area contributed by atoms with E-state index >= 15 is 0 Å². The quantitative estimate of drug-likeness (QED) is 0.884. The average Bonchev–Trinajstić information content (AvgIpc) is 2.27. The lowest BCUT2D eigenvalue weighted by molar-refractivity contribution is -0.0251. The third-order valence-electron chi connectivity index (χ3n) is 2.96. The summed E-state index contributed by atoms with van der Waals surface area (Å²) in [5.41, 5.74) is 6.80. The number of hydrogen-bond acceptors (Lipinski definition) is 2. The summed E-state index contributed by atoms with van der Waals surface area (Å²) < 4.78 is 5.78. The van der Waals surface area contributed by atoms with Crippen molar-refractivity contribution in [3.05, 3.63) is 33.8 Å². The number of rotatable bonds is 2. The van der Waals surface area contributed by atoms with Crippen LogP contribution in [-0.4, -0.2) is 13.2 Å². The molecule has 0 aromatic heterocycles. The smallest absolute Gasteiger partial charge is 0.0866 e. The molecule has 1 aromatic rings. The summed E-state index contributed by atoms with van der Waals surface area (Å²) in [7, 11) is 0. The number of hydrogen-bond donors (Lipinski definition) is 1. The van der Waals surface area contributed by atoms with Gasteiger partial charge in [-0.05, 0) is 43.1 Å². The van der Waals surface area contributed by atoms with Crippen LogP contribution in [0.1, 0.15) is 24.5 Å². The summed E-state index contributed by atoms with van der Waals surface area (Å²) >= 11 is 12.0. The van der Waals surface area contributed by atoms with E-state index in [1.165, 1.54) is 0 Å². The maximum Gasteiger partial charge on any atom is 0.0866 e. The summed E-state index contributed by atoms with van der Waals surface area (Å²) in [5.74, 6) is 0.364. The molecule has 0 spiro atoms. The number of ether oxygens (including phenoxy) is 1. The topological polar surface area (TPSA) is 35.2 Å². The second kappa shape index (κ2) is 5.37. The lowest BCUT2D eigenvalue weighted by Crippen LogP contribution is -2.28. The van der Waals surface area contributed by atoms with Crippen molar-refractivity contribution in [2.24, 2.45) is 11.7 Å². The molecule has 1 aromatic carbocycles. The molecule has 0 saturated carbocycles. The zero-order valence-corrected chi connectivity index (χ0v) is 10.5. The van der Waals surface area contributed by atoms with E-state index in [9.17, 15) is 0 Å². The van der Waals surface area contributed by atoms with Crippen molar-refractivity contribution in [3.63, 3.8) is 0 Å². The minimum atomic E-state index is 0.0370. The molecule has 88 valence electrons. The van der Waals surface area contributed by atoms with E-state index in [1.54, 1.807) is 6.07 Å². The van der Waals surface area contributed by atoms with Crippen molar-refractivity contribution in [2.45, 2.75) is 18.9 Å². The molecule has 0 radical (unpaired) electrons. The molecule has 0 aliphatic carbocycles. The number of benzene rings is 1. The highest BCUT2D eigenvalue weighted by molar-refractivity contribution is 6.34. The van der Waals surface area contributed by atoms with Crippen LogP contribution in [0, 0.1) is 5.92 Å². The highest BCUT2D eigenvalue weighted by atomic mass is 35.5. The predicted molar refractivity (Wildman–Crippen MR) is 66.9 cm³/mol. The van der Waals surface area contributed by atoms with Gasteiger partial charge in [-0.25, -0.2) is 0 Å². The van der Waals surface area contributed by atoms with Crippen molar-refractivity contribution in [1.82, 2.24) is 0 Å². The summed E-state index contributed by atoms with van der Waals surface area (Å²) in [6, 6.07) is 5.55. The van der Waals surface area contributed by atoms with E-state index in [1.807, 2.05) is 12.1 Å². The zero-order chi connectivity index (χ0) is 11.5. The van der Waals surface area contributed by atoms with E-state index in [2.05, 4.69) is 0 Å². The number of halogens is 2. The van der Waals surface area contributed by atoms with Gasteiger partial charge in [0.1, 0.15) is 0 Å². The first kappa shape index (κ1) is 12.2. The third-order valence-corrected chi connectivity index (χ3v) is 3.40. The van der Waals surface area contributed by atoms with Crippen LogP contribution in [0.15, 0.2) is 18.2 Å². The predicted octanol–water partition coefficient (Wildman–Crippen LogP) is 3.42. The van der Waals surface area contributed by atoms with Gasteiger partial charge in [0.05, 0.1) is 6.10 Å². The van der Waals surface area contributed by atoms with Gasteiger partial charge in [-0.15, -0.1) is 0 Å². The molecule has 1 fully saturated rings. The van der Waals surface area contributed by atoms with Gasteiger partial charge in [-0.1, -0.05) is 23.2 Å². The van der Waals surface area contributed by atoms with Gasteiger partial charge in [0.25, 0.3) is 0 Å². The molecule has 2 nitrogen and oxygen atoms in total. The van der Waals surface area contributed by atoms with Crippen LogP contribution in [0.25, 0.3) is 0 Å². The van der Waals surface area contributed by atoms with Gasteiger partial charge < -0.3 is 10.5 Å². The van der Waals surface area contributed by atoms with Crippen LogP contribution in [0.5, 0.6) is 0 Å². The van der Waals surface area contributed by atoms with E-state index in [4.69, 9.17) is 33.7 Å². The lowest BCUT2D eigenvalue weighted by atomic mass is 9.90. The SMILES string of the molecule is NCC1CCCOC1c1cc(Cl)cc(Cl)c1. The Balaban J connectivity index is 2.26. The third kappa shape index (κ3) is 2.69. The van der Waals surface area contributed by atoms with Gasteiger partial charge in [0.2, 0.25) is 0 Å². The number of nitrogens with two attached hydrogens (primary N) is 1.